The monoisotopic (exact) mass is 444 g/mol. The fourth-order valence-corrected chi connectivity index (χ4v) is 4.62. The van der Waals surface area contributed by atoms with Crippen molar-refractivity contribution in [1.82, 2.24) is 30.1 Å². The first kappa shape index (κ1) is 21.5. The minimum absolute atomic E-state index is 0.142. The smallest absolute Gasteiger partial charge is 0.253 e. The van der Waals surface area contributed by atoms with Gasteiger partial charge in [-0.05, 0) is 77.4 Å². The van der Waals surface area contributed by atoms with E-state index in [4.69, 9.17) is 0 Å². The molecule has 0 radical (unpaired) electrons. The normalized spacial score (nSPS) is 16.3. The van der Waals surface area contributed by atoms with Gasteiger partial charge in [-0.1, -0.05) is 30.3 Å². The van der Waals surface area contributed by atoms with Gasteiger partial charge < -0.3 is 10.1 Å². The zero-order valence-corrected chi connectivity index (χ0v) is 18.9. The van der Waals surface area contributed by atoms with Gasteiger partial charge in [-0.3, -0.25) is 9.69 Å². The van der Waals surface area contributed by atoms with Crippen molar-refractivity contribution in [2.24, 2.45) is 0 Å². The molecule has 4 aromatic rings. The highest BCUT2D eigenvalue weighted by Gasteiger charge is 2.32. The lowest BCUT2D eigenvalue weighted by Crippen LogP contribution is -2.41. The van der Waals surface area contributed by atoms with Gasteiger partial charge in [-0.15, -0.1) is 5.10 Å². The number of likely N-dealkylation sites (tertiary alicyclic amines) is 1. The Bertz CT molecular complexity index is 1320. The molecule has 2 N–H and O–H groups in total. The lowest BCUT2D eigenvalue weighted by molar-refractivity contribution is 0.0659. The van der Waals surface area contributed by atoms with Gasteiger partial charge in [0.05, 0.1) is 12.6 Å². The van der Waals surface area contributed by atoms with Crippen LogP contribution in [0.3, 0.4) is 0 Å². The Balaban J connectivity index is 1.62. The van der Waals surface area contributed by atoms with E-state index in [1.54, 1.807) is 4.68 Å². The number of H-pyrrole nitrogens is 1. The number of rotatable bonds is 5. The van der Waals surface area contributed by atoms with Crippen LogP contribution >= 0.6 is 0 Å². The summed E-state index contributed by atoms with van der Waals surface area (Å²) >= 11 is 0. The van der Waals surface area contributed by atoms with Gasteiger partial charge in [0.15, 0.2) is 5.82 Å². The average molecular weight is 445 g/mol. The van der Waals surface area contributed by atoms with Crippen LogP contribution in [0.1, 0.15) is 47.0 Å². The van der Waals surface area contributed by atoms with E-state index in [9.17, 15) is 9.90 Å². The molecule has 1 fully saturated rings. The van der Waals surface area contributed by atoms with E-state index in [1.165, 1.54) is 5.56 Å². The van der Waals surface area contributed by atoms with E-state index in [2.05, 4.69) is 38.4 Å². The van der Waals surface area contributed by atoms with Crippen molar-refractivity contribution >= 4 is 10.9 Å². The molecule has 0 spiro atoms. The first-order chi connectivity index (χ1) is 16.0. The number of tetrazole rings is 1. The first-order valence-corrected chi connectivity index (χ1v) is 11.4. The molecule has 0 amide bonds. The molecule has 3 heterocycles. The van der Waals surface area contributed by atoms with Crippen LogP contribution < -0.4 is 5.56 Å². The summed E-state index contributed by atoms with van der Waals surface area (Å²) < 4.78 is 1.77. The van der Waals surface area contributed by atoms with E-state index >= 15 is 0 Å². The fraction of sp³-hybridized carbons (Fsp3) is 0.360. The maximum absolute atomic E-state index is 13.3. The summed E-state index contributed by atoms with van der Waals surface area (Å²) in [5.41, 5.74) is 4.69. The highest BCUT2D eigenvalue weighted by atomic mass is 16.3. The molecule has 8 nitrogen and oxygen atoms in total. The number of fused-ring (bicyclic) bond motifs is 1. The van der Waals surface area contributed by atoms with Gasteiger partial charge >= 0.3 is 0 Å². The molecule has 1 saturated heterocycles. The molecule has 2 aromatic heterocycles. The summed E-state index contributed by atoms with van der Waals surface area (Å²) in [7, 11) is 0. The summed E-state index contributed by atoms with van der Waals surface area (Å²) in [6, 6.07) is 15.7. The first-order valence-electron chi connectivity index (χ1n) is 11.4. The number of aromatic nitrogens is 5. The van der Waals surface area contributed by atoms with Crippen LogP contribution in [0.15, 0.2) is 53.3 Å². The number of nitrogens with one attached hydrogen (secondary N) is 1. The molecule has 0 unspecified atom stereocenters. The van der Waals surface area contributed by atoms with Crippen LogP contribution in [0.5, 0.6) is 0 Å². The number of hydrogen-bond acceptors (Lipinski definition) is 6. The number of aromatic amines is 1. The second kappa shape index (κ2) is 8.88. The molecule has 170 valence electrons. The highest BCUT2D eigenvalue weighted by molar-refractivity contribution is 5.81. The lowest BCUT2D eigenvalue weighted by Gasteiger charge is -2.35. The standard InChI is InChI=1S/C25H28N6O2/c1-16-12-19-14-21(25(33)26-22(19)13-17(16)2)23(30-10-8-20(32)9-11-30)24-27-28-29-31(24)15-18-6-4-3-5-7-18/h3-7,12-14,20,23,32H,8-11,15H2,1-2H3,(H,26,33)/t23-/m0/s1. The van der Waals surface area contributed by atoms with Gasteiger partial charge in [-0.25, -0.2) is 4.68 Å². The number of hydrogen-bond donors (Lipinski definition) is 2. The number of benzene rings is 2. The SMILES string of the molecule is Cc1cc2cc([C@@H](c3nnnn3Cc3ccccc3)N3CCC(O)CC3)c(=O)[nH]c2cc1C. The van der Waals surface area contributed by atoms with Crippen molar-refractivity contribution < 1.29 is 5.11 Å². The van der Waals surface area contributed by atoms with Crippen LogP contribution in [0.25, 0.3) is 10.9 Å². The van der Waals surface area contributed by atoms with Crippen LogP contribution in [-0.2, 0) is 6.54 Å². The van der Waals surface area contributed by atoms with Crippen LogP contribution in [-0.4, -0.2) is 54.4 Å². The van der Waals surface area contributed by atoms with E-state index in [0.717, 1.165) is 22.0 Å². The minimum atomic E-state index is -0.411. The molecule has 0 saturated carbocycles. The molecule has 2 aromatic carbocycles. The van der Waals surface area contributed by atoms with Crippen molar-refractivity contribution in [2.45, 2.75) is 45.4 Å². The summed E-state index contributed by atoms with van der Waals surface area (Å²) in [4.78, 5) is 18.6. The van der Waals surface area contributed by atoms with Gasteiger partial charge in [0.25, 0.3) is 5.56 Å². The Morgan fingerprint density at radius 1 is 1.09 bits per heavy atom. The van der Waals surface area contributed by atoms with Crippen molar-refractivity contribution in [3.63, 3.8) is 0 Å². The van der Waals surface area contributed by atoms with E-state index in [-0.39, 0.29) is 11.7 Å². The number of piperidine rings is 1. The highest BCUT2D eigenvalue weighted by Crippen LogP contribution is 2.30. The third kappa shape index (κ3) is 4.31. The number of aliphatic hydroxyl groups excluding tert-OH is 1. The van der Waals surface area contributed by atoms with E-state index in [1.807, 2.05) is 49.4 Å². The molecule has 0 bridgehead atoms. The molecule has 1 aliphatic rings. The minimum Gasteiger partial charge on any atom is -0.393 e. The summed E-state index contributed by atoms with van der Waals surface area (Å²) in [6.07, 6.45) is 0.990. The third-order valence-corrected chi connectivity index (χ3v) is 6.63. The zero-order chi connectivity index (χ0) is 22.9. The predicted octanol–water partition coefficient (Wildman–Crippen LogP) is 2.73. The molecular weight excluding hydrogens is 416 g/mol. The Morgan fingerprint density at radius 2 is 1.82 bits per heavy atom. The second-order valence-corrected chi connectivity index (χ2v) is 8.93. The fourth-order valence-electron chi connectivity index (χ4n) is 4.62. The number of pyridine rings is 1. The van der Waals surface area contributed by atoms with Crippen molar-refractivity contribution in [3.05, 3.63) is 87.0 Å². The molecule has 1 aliphatic heterocycles. The van der Waals surface area contributed by atoms with Crippen molar-refractivity contribution in [2.75, 3.05) is 13.1 Å². The van der Waals surface area contributed by atoms with Gasteiger partial charge in [0, 0.05) is 24.2 Å². The van der Waals surface area contributed by atoms with Crippen molar-refractivity contribution in [3.8, 4) is 0 Å². The molecule has 0 aliphatic carbocycles. The van der Waals surface area contributed by atoms with E-state index in [0.29, 0.717) is 43.9 Å². The number of aryl methyl sites for hydroxylation is 2. The molecule has 8 heteroatoms. The number of nitrogens with zero attached hydrogens (tertiary/aromatic N) is 5. The lowest BCUT2D eigenvalue weighted by atomic mass is 9.98. The molecule has 33 heavy (non-hydrogen) atoms. The van der Waals surface area contributed by atoms with Gasteiger partial charge in [0.1, 0.15) is 6.04 Å². The maximum atomic E-state index is 13.3. The zero-order valence-electron chi connectivity index (χ0n) is 18.9. The maximum Gasteiger partial charge on any atom is 0.253 e. The van der Waals surface area contributed by atoms with Crippen LogP contribution in [0, 0.1) is 13.8 Å². The Kier molecular flexibility index (Phi) is 5.78. The van der Waals surface area contributed by atoms with Crippen molar-refractivity contribution in [1.29, 1.82) is 0 Å². The van der Waals surface area contributed by atoms with E-state index < -0.39 is 6.04 Å². The molecular formula is C25H28N6O2. The third-order valence-electron chi connectivity index (χ3n) is 6.63. The Morgan fingerprint density at radius 3 is 2.58 bits per heavy atom. The summed E-state index contributed by atoms with van der Waals surface area (Å²) in [5, 5.41) is 23.7. The number of aliphatic hydroxyl groups is 1. The summed E-state index contributed by atoms with van der Waals surface area (Å²) in [6.45, 7) is 5.95. The summed E-state index contributed by atoms with van der Waals surface area (Å²) in [5.74, 6) is 0.629. The predicted molar refractivity (Wildman–Crippen MR) is 126 cm³/mol. The van der Waals surface area contributed by atoms with Crippen LogP contribution in [0.2, 0.25) is 0 Å². The second-order valence-electron chi connectivity index (χ2n) is 8.93. The average Bonchev–Trinajstić information content (AvgIpc) is 3.25. The Labute approximate surface area is 191 Å². The van der Waals surface area contributed by atoms with Gasteiger partial charge in [-0.2, -0.15) is 0 Å². The molecule has 1 atom stereocenters. The van der Waals surface area contributed by atoms with Crippen LogP contribution in [0.4, 0.5) is 0 Å². The Hall–Kier alpha value is -3.36. The topological polar surface area (TPSA) is 99.9 Å². The largest absolute Gasteiger partial charge is 0.393 e. The van der Waals surface area contributed by atoms with Gasteiger partial charge in [0.2, 0.25) is 0 Å². The molecule has 5 rings (SSSR count). The quantitative estimate of drug-likeness (QED) is 0.491.